The van der Waals surface area contributed by atoms with E-state index in [0.29, 0.717) is 19.6 Å². The highest BCUT2D eigenvalue weighted by atomic mass is 16.5. The quantitative estimate of drug-likeness (QED) is 0.735. The summed E-state index contributed by atoms with van der Waals surface area (Å²) in [5, 5.41) is 0. The average molecular weight is 311 g/mol. The summed E-state index contributed by atoms with van der Waals surface area (Å²) < 4.78 is 5.44. The maximum atomic E-state index is 12.6. The summed E-state index contributed by atoms with van der Waals surface area (Å²) in [5.41, 5.74) is 2.19. The van der Waals surface area contributed by atoms with E-state index in [4.69, 9.17) is 4.74 Å². The molecule has 0 aliphatic heterocycles. The summed E-state index contributed by atoms with van der Waals surface area (Å²) in [6.45, 7) is 6.17. The van der Waals surface area contributed by atoms with Gasteiger partial charge < -0.3 is 9.64 Å². The van der Waals surface area contributed by atoms with Crippen LogP contribution in [0, 0.1) is 0 Å². The van der Waals surface area contributed by atoms with Crippen LogP contribution >= 0.6 is 0 Å². The lowest BCUT2D eigenvalue weighted by atomic mass is 10.1. The molecule has 0 bridgehead atoms. The van der Waals surface area contributed by atoms with E-state index in [2.05, 4.69) is 19.1 Å². The average Bonchev–Trinajstić information content (AvgIpc) is 2.57. The van der Waals surface area contributed by atoms with Gasteiger partial charge in [0.05, 0.1) is 13.0 Å². The largest absolute Gasteiger partial charge is 0.494 e. The second kappa shape index (κ2) is 8.99. The van der Waals surface area contributed by atoms with Crippen LogP contribution < -0.4 is 4.74 Å². The number of hydrogen-bond acceptors (Lipinski definition) is 2. The van der Waals surface area contributed by atoms with Gasteiger partial charge in [0.2, 0.25) is 5.91 Å². The molecule has 0 spiro atoms. The van der Waals surface area contributed by atoms with Gasteiger partial charge in [-0.2, -0.15) is 0 Å². The van der Waals surface area contributed by atoms with Crippen LogP contribution in [0.1, 0.15) is 31.4 Å². The Hall–Kier alpha value is -2.29. The molecule has 0 aliphatic carbocycles. The molecule has 0 aliphatic rings. The van der Waals surface area contributed by atoms with E-state index in [9.17, 15) is 4.79 Å². The van der Waals surface area contributed by atoms with Crippen molar-refractivity contribution in [2.45, 2.75) is 33.2 Å². The standard InChI is InChI=1S/C20H25NO2/c1-3-14-21(16-18-8-6-5-7-9-18)20(22)15-17-10-12-19(13-11-17)23-4-2/h5-13H,3-4,14-16H2,1-2H3. The normalized spacial score (nSPS) is 10.3. The maximum absolute atomic E-state index is 12.6. The van der Waals surface area contributed by atoms with Crippen LogP contribution in [-0.4, -0.2) is 24.0 Å². The van der Waals surface area contributed by atoms with Gasteiger partial charge in [-0.1, -0.05) is 49.4 Å². The topological polar surface area (TPSA) is 29.5 Å². The van der Waals surface area contributed by atoms with E-state index in [-0.39, 0.29) is 5.91 Å². The van der Waals surface area contributed by atoms with Gasteiger partial charge in [-0.05, 0) is 36.6 Å². The molecule has 0 saturated carbocycles. The molecule has 0 fully saturated rings. The molecule has 0 heterocycles. The number of carbonyl (C=O) groups excluding carboxylic acids is 1. The van der Waals surface area contributed by atoms with Gasteiger partial charge in [-0.15, -0.1) is 0 Å². The summed E-state index contributed by atoms with van der Waals surface area (Å²) in [6.07, 6.45) is 1.39. The fourth-order valence-corrected chi connectivity index (χ4v) is 2.52. The Kier molecular flexibility index (Phi) is 6.67. The van der Waals surface area contributed by atoms with Crippen LogP contribution in [0.15, 0.2) is 54.6 Å². The lowest BCUT2D eigenvalue weighted by Crippen LogP contribution is -2.32. The minimum Gasteiger partial charge on any atom is -0.494 e. The Bertz CT molecular complexity index is 593. The molecule has 3 nitrogen and oxygen atoms in total. The minimum atomic E-state index is 0.167. The molecule has 0 atom stereocenters. The zero-order valence-corrected chi connectivity index (χ0v) is 14.0. The zero-order valence-electron chi connectivity index (χ0n) is 14.0. The van der Waals surface area contributed by atoms with Crippen LogP contribution in [-0.2, 0) is 17.8 Å². The maximum Gasteiger partial charge on any atom is 0.227 e. The van der Waals surface area contributed by atoms with E-state index in [1.54, 1.807) is 0 Å². The molecule has 0 radical (unpaired) electrons. The summed E-state index contributed by atoms with van der Waals surface area (Å²) in [4.78, 5) is 14.5. The molecule has 0 N–H and O–H groups in total. The third-order valence-corrected chi connectivity index (χ3v) is 3.65. The highest BCUT2D eigenvalue weighted by molar-refractivity contribution is 5.78. The van der Waals surface area contributed by atoms with Gasteiger partial charge in [0, 0.05) is 13.1 Å². The highest BCUT2D eigenvalue weighted by Crippen LogP contribution is 2.14. The summed E-state index contributed by atoms with van der Waals surface area (Å²) >= 11 is 0. The number of amides is 1. The Morgan fingerprint density at radius 3 is 2.26 bits per heavy atom. The van der Waals surface area contributed by atoms with Gasteiger partial charge in [0.15, 0.2) is 0 Å². The Morgan fingerprint density at radius 1 is 0.957 bits per heavy atom. The van der Waals surface area contributed by atoms with Crippen molar-refractivity contribution in [3.05, 3.63) is 65.7 Å². The van der Waals surface area contributed by atoms with Crippen LogP contribution in [0.4, 0.5) is 0 Å². The number of rotatable bonds is 8. The second-order valence-corrected chi connectivity index (χ2v) is 5.55. The first-order chi connectivity index (χ1) is 11.2. The van der Waals surface area contributed by atoms with Crippen molar-refractivity contribution in [2.24, 2.45) is 0 Å². The van der Waals surface area contributed by atoms with Crippen LogP contribution in [0.25, 0.3) is 0 Å². The highest BCUT2D eigenvalue weighted by Gasteiger charge is 2.13. The second-order valence-electron chi connectivity index (χ2n) is 5.55. The SMILES string of the molecule is CCCN(Cc1ccccc1)C(=O)Cc1ccc(OCC)cc1. The van der Waals surface area contributed by atoms with Crippen molar-refractivity contribution in [3.8, 4) is 5.75 Å². The molecule has 2 aromatic rings. The number of nitrogens with zero attached hydrogens (tertiary/aromatic N) is 1. The van der Waals surface area contributed by atoms with Gasteiger partial charge in [0.1, 0.15) is 5.75 Å². The third kappa shape index (κ3) is 5.44. The van der Waals surface area contributed by atoms with E-state index in [0.717, 1.165) is 24.3 Å². The van der Waals surface area contributed by atoms with Crippen molar-refractivity contribution < 1.29 is 9.53 Å². The van der Waals surface area contributed by atoms with E-state index in [1.165, 1.54) is 5.56 Å². The van der Waals surface area contributed by atoms with Gasteiger partial charge >= 0.3 is 0 Å². The molecular formula is C20H25NO2. The molecule has 1 amide bonds. The first kappa shape index (κ1) is 17.1. The molecule has 122 valence electrons. The summed E-state index contributed by atoms with van der Waals surface area (Å²) in [7, 11) is 0. The molecule has 2 rings (SSSR count). The van der Waals surface area contributed by atoms with Crippen LogP contribution in [0.2, 0.25) is 0 Å². The molecule has 23 heavy (non-hydrogen) atoms. The Morgan fingerprint density at radius 2 is 1.65 bits per heavy atom. The third-order valence-electron chi connectivity index (χ3n) is 3.65. The van der Waals surface area contributed by atoms with Crippen molar-refractivity contribution in [2.75, 3.05) is 13.2 Å². The molecule has 3 heteroatoms. The van der Waals surface area contributed by atoms with Crippen molar-refractivity contribution >= 4 is 5.91 Å². The molecule has 0 aromatic heterocycles. The first-order valence-electron chi connectivity index (χ1n) is 8.26. The number of ether oxygens (including phenoxy) is 1. The summed E-state index contributed by atoms with van der Waals surface area (Å²) in [5.74, 6) is 1.01. The predicted molar refractivity (Wildman–Crippen MR) is 93.5 cm³/mol. The fraction of sp³-hybridized carbons (Fsp3) is 0.350. The lowest BCUT2D eigenvalue weighted by molar-refractivity contribution is -0.131. The molecule has 2 aromatic carbocycles. The van der Waals surface area contributed by atoms with Crippen molar-refractivity contribution in [3.63, 3.8) is 0 Å². The molecule has 0 saturated heterocycles. The van der Waals surface area contributed by atoms with Gasteiger partial charge in [-0.3, -0.25) is 4.79 Å². The Balaban J connectivity index is 1.99. The van der Waals surface area contributed by atoms with E-state index < -0.39 is 0 Å². The summed E-state index contributed by atoms with van der Waals surface area (Å²) in [6, 6.07) is 17.9. The smallest absolute Gasteiger partial charge is 0.227 e. The van der Waals surface area contributed by atoms with Gasteiger partial charge in [-0.25, -0.2) is 0 Å². The zero-order chi connectivity index (χ0) is 16.5. The van der Waals surface area contributed by atoms with Gasteiger partial charge in [0.25, 0.3) is 0 Å². The van der Waals surface area contributed by atoms with Crippen LogP contribution in [0.3, 0.4) is 0 Å². The Labute approximate surface area is 138 Å². The first-order valence-corrected chi connectivity index (χ1v) is 8.26. The molecular weight excluding hydrogens is 286 g/mol. The molecule has 0 unspecified atom stereocenters. The van der Waals surface area contributed by atoms with E-state index >= 15 is 0 Å². The van der Waals surface area contributed by atoms with Crippen molar-refractivity contribution in [1.82, 2.24) is 4.90 Å². The van der Waals surface area contributed by atoms with E-state index in [1.807, 2.05) is 54.3 Å². The minimum absolute atomic E-state index is 0.167. The monoisotopic (exact) mass is 311 g/mol. The van der Waals surface area contributed by atoms with Crippen LogP contribution in [0.5, 0.6) is 5.75 Å². The number of benzene rings is 2. The van der Waals surface area contributed by atoms with Crippen molar-refractivity contribution in [1.29, 1.82) is 0 Å². The predicted octanol–water partition coefficient (Wildman–Crippen LogP) is 4.07. The fourth-order valence-electron chi connectivity index (χ4n) is 2.52. The number of carbonyl (C=O) groups is 1. The number of hydrogen-bond donors (Lipinski definition) is 0. The lowest BCUT2D eigenvalue weighted by Gasteiger charge is -2.22.